The van der Waals surface area contributed by atoms with Gasteiger partial charge in [0.2, 0.25) is 5.78 Å². The van der Waals surface area contributed by atoms with Gasteiger partial charge in [-0.25, -0.2) is 4.79 Å². The Kier molecular flexibility index (Phi) is 6.70. The molecule has 184 valence electrons. The van der Waals surface area contributed by atoms with Crippen LogP contribution in [0.25, 0.3) is 17.0 Å². The van der Waals surface area contributed by atoms with Crippen LogP contribution in [-0.4, -0.2) is 73.2 Å². The molecule has 0 spiro atoms. The van der Waals surface area contributed by atoms with Crippen LogP contribution in [0.3, 0.4) is 0 Å². The van der Waals surface area contributed by atoms with Crippen molar-refractivity contribution in [1.29, 1.82) is 0 Å². The van der Waals surface area contributed by atoms with Crippen LogP contribution >= 0.6 is 0 Å². The summed E-state index contributed by atoms with van der Waals surface area (Å²) in [5, 5.41) is 11.0. The van der Waals surface area contributed by atoms with Crippen LogP contribution in [-0.2, 0) is 6.54 Å². The van der Waals surface area contributed by atoms with Gasteiger partial charge in [-0.15, -0.1) is 0 Å². The summed E-state index contributed by atoms with van der Waals surface area (Å²) in [7, 11) is 8.74. The van der Waals surface area contributed by atoms with Gasteiger partial charge in [-0.05, 0) is 51.3 Å². The second kappa shape index (κ2) is 9.71. The first-order chi connectivity index (χ1) is 16.7. The zero-order valence-corrected chi connectivity index (χ0v) is 20.5. The molecule has 9 nitrogen and oxygen atoms in total. The summed E-state index contributed by atoms with van der Waals surface area (Å²) in [5.74, 6) is 0.241. The maximum atomic E-state index is 13.3. The molecule has 3 aromatic rings. The second-order valence-corrected chi connectivity index (χ2v) is 8.84. The number of carbonyl (C=O) groups is 2. The smallest absolute Gasteiger partial charge is 0.414 e. The van der Waals surface area contributed by atoms with E-state index < -0.39 is 11.9 Å². The number of rotatable bonds is 7. The van der Waals surface area contributed by atoms with Gasteiger partial charge in [0.1, 0.15) is 22.8 Å². The number of nitrogens with zero attached hydrogens (tertiary/aromatic N) is 3. The molecule has 35 heavy (non-hydrogen) atoms. The Morgan fingerprint density at radius 3 is 2.63 bits per heavy atom. The van der Waals surface area contributed by atoms with Crippen LogP contribution in [0.2, 0.25) is 0 Å². The molecular weight excluding hydrogens is 450 g/mol. The van der Waals surface area contributed by atoms with Crippen LogP contribution in [0, 0.1) is 0 Å². The molecule has 0 bridgehead atoms. The van der Waals surface area contributed by atoms with Crippen LogP contribution in [0.4, 0.5) is 4.79 Å². The average Bonchev–Trinajstić information content (AvgIpc) is 3.30. The quantitative estimate of drug-likeness (QED) is 0.512. The van der Waals surface area contributed by atoms with Crippen LogP contribution in [0.1, 0.15) is 22.3 Å². The number of fused-ring (bicyclic) bond motifs is 2. The molecular formula is C26H29N3O6. The standard InChI is InChI=1S/C26H29N3O6/c1-27(2)9-6-10-29-15-16(19-14-18(33-5)7-8-20(19)29)11-23-25(31)24-21(34-23)12-17(30)13-22(24)35-26(32)28(3)4/h7-8,11-15,30H,6,9-10H2,1-5H3/b23-11-. The second-order valence-electron chi connectivity index (χ2n) is 8.84. The highest BCUT2D eigenvalue weighted by atomic mass is 16.6. The number of methoxy groups -OCH3 is 1. The number of phenols is 1. The minimum Gasteiger partial charge on any atom is -0.508 e. The number of aryl methyl sites for hydroxylation is 1. The number of ketones is 1. The number of allylic oxidation sites excluding steroid dienone is 1. The van der Waals surface area contributed by atoms with Crippen molar-refractivity contribution in [2.24, 2.45) is 0 Å². The number of hydrogen-bond donors (Lipinski definition) is 1. The van der Waals surface area contributed by atoms with E-state index in [1.54, 1.807) is 13.2 Å². The van der Waals surface area contributed by atoms with Crippen molar-refractivity contribution in [3.63, 3.8) is 0 Å². The first-order valence-corrected chi connectivity index (χ1v) is 11.2. The number of aromatic nitrogens is 1. The molecule has 1 aliphatic heterocycles. The largest absolute Gasteiger partial charge is 0.508 e. The molecule has 0 radical (unpaired) electrons. The Morgan fingerprint density at radius 1 is 1.17 bits per heavy atom. The predicted molar refractivity (Wildman–Crippen MR) is 132 cm³/mol. The molecule has 1 aromatic heterocycles. The highest BCUT2D eigenvalue weighted by Gasteiger charge is 2.33. The Bertz CT molecular complexity index is 1320. The summed E-state index contributed by atoms with van der Waals surface area (Å²) >= 11 is 0. The van der Waals surface area contributed by atoms with E-state index in [2.05, 4.69) is 9.47 Å². The third kappa shape index (κ3) is 4.95. The number of carbonyl (C=O) groups excluding carboxylic acids is 2. The first-order valence-electron chi connectivity index (χ1n) is 11.2. The fourth-order valence-corrected chi connectivity index (χ4v) is 3.96. The number of benzene rings is 2. The van der Waals surface area contributed by atoms with Crippen molar-refractivity contribution in [2.75, 3.05) is 41.8 Å². The van der Waals surface area contributed by atoms with Crippen molar-refractivity contribution in [3.05, 3.63) is 53.4 Å². The van der Waals surface area contributed by atoms with E-state index in [0.717, 1.165) is 36.0 Å². The molecule has 0 saturated heterocycles. The maximum Gasteiger partial charge on any atom is 0.414 e. The van der Waals surface area contributed by atoms with Gasteiger partial charge in [0, 0.05) is 55.4 Å². The highest BCUT2D eigenvalue weighted by Crippen LogP contribution is 2.42. The lowest BCUT2D eigenvalue weighted by molar-refractivity contribution is 0.101. The van der Waals surface area contributed by atoms with Crippen LogP contribution in [0.15, 0.2) is 42.3 Å². The number of hydrogen-bond acceptors (Lipinski definition) is 7. The average molecular weight is 480 g/mol. The van der Waals surface area contributed by atoms with Gasteiger partial charge >= 0.3 is 6.09 Å². The summed E-state index contributed by atoms with van der Waals surface area (Å²) in [6.07, 6.45) is 3.94. The number of amides is 1. The van der Waals surface area contributed by atoms with Gasteiger partial charge in [0.25, 0.3) is 0 Å². The fraction of sp³-hybridized carbons (Fsp3) is 0.308. The monoisotopic (exact) mass is 479 g/mol. The SMILES string of the molecule is COc1ccc2c(c1)c(/C=C1\Oc3cc(O)cc(OC(=O)N(C)C)c3C1=O)cn2CCCN(C)C. The predicted octanol–water partition coefficient (Wildman–Crippen LogP) is 3.98. The zero-order chi connectivity index (χ0) is 25.3. The molecule has 0 atom stereocenters. The van der Waals surface area contributed by atoms with Gasteiger partial charge in [0.15, 0.2) is 11.5 Å². The van der Waals surface area contributed by atoms with Crippen molar-refractivity contribution in [1.82, 2.24) is 14.4 Å². The Balaban J connectivity index is 1.73. The zero-order valence-electron chi connectivity index (χ0n) is 20.5. The summed E-state index contributed by atoms with van der Waals surface area (Å²) in [5.41, 5.74) is 1.89. The van der Waals surface area contributed by atoms with Crippen LogP contribution in [0.5, 0.6) is 23.0 Å². The topological polar surface area (TPSA) is 93.5 Å². The minimum atomic E-state index is -0.670. The third-order valence-electron chi connectivity index (χ3n) is 5.69. The van der Waals surface area contributed by atoms with Crippen molar-refractivity contribution in [3.8, 4) is 23.0 Å². The number of ether oxygens (including phenoxy) is 3. The number of aromatic hydroxyl groups is 1. The highest BCUT2D eigenvalue weighted by molar-refractivity contribution is 6.17. The van der Waals surface area contributed by atoms with Gasteiger partial charge in [-0.2, -0.15) is 0 Å². The van der Waals surface area contributed by atoms with Gasteiger partial charge in [0.05, 0.1) is 7.11 Å². The van der Waals surface area contributed by atoms with Crippen molar-refractivity contribution < 1.29 is 28.9 Å². The van der Waals surface area contributed by atoms with Gasteiger partial charge in [-0.1, -0.05) is 0 Å². The van der Waals surface area contributed by atoms with E-state index in [1.807, 2.05) is 38.5 Å². The molecule has 1 N–H and O–H groups in total. The molecule has 4 rings (SSSR count). The number of Topliss-reactive ketones (excluding diaryl/α,β-unsaturated/α-hetero) is 1. The van der Waals surface area contributed by atoms with Crippen LogP contribution < -0.4 is 14.2 Å². The molecule has 2 heterocycles. The molecule has 2 aromatic carbocycles. The molecule has 0 unspecified atom stereocenters. The molecule has 0 saturated carbocycles. The van der Waals surface area contributed by atoms with E-state index in [1.165, 1.54) is 31.1 Å². The lowest BCUT2D eigenvalue weighted by Gasteiger charge is -2.12. The minimum absolute atomic E-state index is 0.0557. The van der Waals surface area contributed by atoms with E-state index in [9.17, 15) is 14.7 Å². The van der Waals surface area contributed by atoms with Gasteiger partial charge in [-0.3, -0.25) is 4.79 Å². The van der Waals surface area contributed by atoms with Crippen molar-refractivity contribution in [2.45, 2.75) is 13.0 Å². The molecule has 0 fully saturated rings. The summed E-state index contributed by atoms with van der Waals surface area (Å²) < 4.78 is 18.7. The van der Waals surface area contributed by atoms with Gasteiger partial charge < -0.3 is 33.7 Å². The Morgan fingerprint density at radius 2 is 1.94 bits per heavy atom. The summed E-state index contributed by atoms with van der Waals surface area (Å²) in [4.78, 5) is 28.7. The normalized spacial score (nSPS) is 13.9. The van der Waals surface area contributed by atoms with E-state index >= 15 is 0 Å². The van der Waals surface area contributed by atoms with E-state index in [4.69, 9.17) is 14.2 Å². The maximum absolute atomic E-state index is 13.3. The third-order valence-corrected chi connectivity index (χ3v) is 5.69. The summed E-state index contributed by atoms with van der Waals surface area (Å²) in [6, 6.07) is 8.38. The molecule has 9 heteroatoms. The molecule has 1 aliphatic rings. The Hall–Kier alpha value is -3.98. The Labute approximate surface area is 203 Å². The lowest BCUT2D eigenvalue weighted by Crippen LogP contribution is -2.25. The lowest BCUT2D eigenvalue weighted by atomic mass is 10.1. The summed E-state index contributed by atoms with van der Waals surface area (Å²) in [6.45, 7) is 1.75. The molecule has 1 amide bonds. The van der Waals surface area contributed by atoms with E-state index in [0.29, 0.717) is 5.75 Å². The fourth-order valence-electron chi connectivity index (χ4n) is 3.96. The van der Waals surface area contributed by atoms with Crippen molar-refractivity contribution >= 4 is 28.9 Å². The number of phenolic OH excluding ortho intramolecular Hbond substituents is 1. The van der Waals surface area contributed by atoms with E-state index in [-0.39, 0.29) is 28.6 Å². The molecule has 0 aliphatic carbocycles. The first kappa shape index (κ1) is 24.2.